The van der Waals surface area contributed by atoms with Crippen molar-refractivity contribution >= 4 is 15.7 Å². The zero-order valence-electron chi connectivity index (χ0n) is 12.9. The van der Waals surface area contributed by atoms with Crippen LogP contribution in [0, 0.1) is 5.92 Å². The lowest BCUT2D eigenvalue weighted by Crippen LogP contribution is -2.24. The zero-order valence-corrected chi connectivity index (χ0v) is 13.7. The number of benzene rings is 1. The van der Waals surface area contributed by atoms with Gasteiger partial charge in [-0.2, -0.15) is 0 Å². The fourth-order valence-electron chi connectivity index (χ4n) is 1.87. The van der Waals surface area contributed by atoms with Crippen molar-refractivity contribution in [1.82, 2.24) is 4.72 Å². The molecule has 0 bridgehead atoms. The van der Waals surface area contributed by atoms with Crippen LogP contribution >= 0.6 is 0 Å². The highest BCUT2D eigenvalue weighted by molar-refractivity contribution is 7.89. The van der Waals surface area contributed by atoms with Crippen molar-refractivity contribution in [3.05, 3.63) is 24.3 Å². The molecule has 0 aliphatic carbocycles. The van der Waals surface area contributed by atoms with E-state index in [-0.39, 0.29) is 0 Å². The molecule has 1 aromatic rings. The van der Waals surface area contributed by atoms with Crippen LogP contribution in [0.2, 0.25) is 0 Å². The third-order valence-corrected chi connectivity index (χ3v) is 4.79. The molecule has 4 N–H and O–H groups in total. The second-order valence-corrected chi connectivity index (χ2v) is 7.10. The van der Waals surface area contributed by atoms with E-state index in [4.69, 9.17) is 5.73 Å². The molecule has 0 heterocycles. The third kappa shape index (κ3) is 6.46. The largest absolute Gasteiger partial charge is 0.385 e. The van der Waals surface area contributed by atoms with Crippen LogP contribution in [0.1, 0.15) is 33.1 Å². The number of sulfonamides is 1. The number of nitrogens with one attached hydrogen (secondary N) is 2. The summed E-state index contributed by atoms with van der Waals surface area (Å²) in [4.78, 5) is 0.304. The van der Waals surface area contributed by atoms with Crippen LogP contribution in [0.3, 0.4) is 0 Å². The summed E-state index contributed by atoms with van der Waals surface area (Å²) in [6.07, 6.45) is 2.92. The van der Waals surface area contributed by atoms with Crippen LogP contribution in [0.5, 0.6) is 0 Å². The minimum Gasteiger partial charge on any atom is -0.385 e. The summed E-state index contributed by atoms with van der Waals surface area (Å²) in [5, 5.41) is 3.29. The first-order valence-electron chi connectivity index (χ1n) is 7.53. The van der Waals surface area contributed by atoms with E-state index in [2.05, 4.69) is 17.0 Å². The van der Waals surface area contributed by atoms with Crippen molar-refractivity contribution < 1.29 is 8.42 Å². The van der Waals surface area contributed by atoms with Gasteiger partial charge in [0.1, 0.15) is 0 Å². The predicted octanol–water partition coefficient (Wildman–Crippen LogP) is 2.16. The molecule has 0 saturated heterocycles. The van der Waals surface area contributed by atoms with Gasteiger partial charge in [0, 0.05) is 18.8 Å². The lowest BCUT2D eigenvalue weighted by Gasteiger charge is -2.10. The van der Waals surface area contributed by atoms with E-state index in [0.29, 0.717) is 17.4 Å². The molecule has 0 aromatic heterocycles. The molecule has 21 heavy (non-hydrogen) atoms. The fraction of sp³-hybridized carbons (Fsp3) is 0.600. The average molecular weight is 313 g/mol. The van der Waals surface area contributed by atoms with Crippen molar-refractivity contribution in [2.75, 3.05) is 25.0 Å². The van der Waals surface area contributed by atoms with Crippen LogP contribution in [0.25, 0.3) is 0 Å². The quantitative estimate of drug-likeness (QED) is 0.578. The van der Waals surface area contributed by atoms with Crippen LogP contribution in [0.4, 0.5) is 5.69 Å². The first-order valence-corrected chi connectivity index (χ1v) is 9.01. The molecule has 0 aliphatic heterocycles. The zero-order chi connectivity index (χ0) is 15.7. The highest BCUT2D eigenvalue weighted by Gasteiger charge is 2.12. The number of nitrogens with two attached hydrogens (primary N) is 1. The summed E-state index contributed by atoms with van der Waals surface area (Å²) in [7, 11) is -3.37. The van der Waals surface area contributed by atoms with E-state index in [1.54, 1.807) is 24.3 Å². The monoisotopic (exact) mass is 313 g/mol. The van der Waals surface area contributed by atoms with Gasteiger partial charge in [-0.3, -0.25) is 0 Å². The Morgan fingerprint density at radius 1 is 1.19 bits per heavy atom. The maximum absolute atomic E-state index is 11.9. The summed E-state index contributed by atoms with van der Waals surface area (Å²) in [5.41, 5.74) is 6.51. The van der Waals surface area contributed by atoms with Crippen molar-refractivity contribution in [3.8, 4) is 0 Å². The van der Waals surface area contributed by atoms with Gasteiger partial charge in [-0.05, 0) is 56.0 Å². The smallest absolute Gasteiger partial charge is 0.240 e. The fourth-order valence-corrected chi connectivity index (χ4v) is 3.01. The number of hydrogen-bond acceptors (Lipinski definition) is 4. The summed E-state index contributed by atoms with van der Waals surface area (Å²) in [6, 6.07) is 6.85. The number of rotatable bonds is 10. The molecular weight excluding hydrogens is 286 g/mol. The molecular formula is C15H27N3O2S. The van der Waals surface area contributed by atoms with Crippen LogP contribution in [-0.2, 0) is 10.0 Å². The maximum atomic E-state index is 11.9. The summed E-state index contributed by atoms with van der Waals surface area (Å²) in [6.45, 7) is 6.12. The Kier molecular flexibility index (Phi) is 7.71. The van der Waals surface area contributed by atoms with Crippen LogP contribution in [0.15, 0.2) is 29.2 Å². The second-order valence-electron chi connectivity index (χ2n) is 5.33. The van der Waals surface area contributed by atoms with E-state index in [1.807, 2.05) is 6.92 Å². The molecule has 0 radical (unpaired) electrons. The Morgan fingerprint density at radius 3 is 2.43 bits per heavy atom. The van der Waals surface area contributed by atoms with Crippen LogP contribution in [-0.4, -0.2) is 28.1 Å². The third-order valence-electron chi connectivity index (χ3n) is 3.31. The van der Waals surface area contributed by atoms with E-state index < -0.39 is 10.0 Å². The SMILES string of the molecule is CCCNS(=O)(=O)c1ccc(NCCCC(C)CN)cc1. The molecule has 1 rings (SSSR count). The van der Waals surface area contributed by atoms with Crippen molar-refractivity contribution in [2.24, 2.45) is 11.7 Å². The van der Waals surface area contributed by atoms with E-state index in [0.717, 1.165) is 38.0 Å². The molecule has 0 spiro atoms. The maximum Gasteiger partial charge on any atom is 0.240 e. The highest BCUT2D eigenvalue weighted by Crippen LogP contribution is 2.14. The Bertz CT molecular complexity index is 500. The average Bonchev–Trinajstić information content (AvgIpc) is 2.49. The minimum atomic E-state index is -3.37. The summed E-state index contributed by atoms with van der Waals surface area (Å²) < 4.78 is 26.4. The van der Waals surface area contributed by atoms with Crippen LogP contribution < -0.4 is 15.8 Å². The van der Waals surface area contributed by atoms with Gasteiger partial charge in [0.25, 0.3) is 0 Å². The number of hydrogen-bond donors (Lipinski definition) is 3. The van der Waals surface area contributed by atoms with Gasteiger partial charge in [0.05, 0.1) is 4.90 Å². The van der Waals surface area contributed by atoms with Crippen molar-refractivity contribution in [2.45, 2.75) is 38.0 Å². The summed E-state index contributed by atoms with van der Waals surface area (Å²) in [5.74, 6) is 0.545. The Hall–Kier alpha value is -1.11. The Labute approximate surface area is 128 Å². The molecule has 0 amide bonds. The lowest BCUT2D eigenvalue weighted by atomic mass is 10.1. The molecule has 5 nitrogen and oxygen atoms in total. The minimum absolute atomic E-state index is 0.304. The molecule has 0 aliphatic rings. The standard InChI is InChI=1S/C15H27N3O2S/c1-3-10-18-21(19,20)15-8-6-14(7-9-15)17-11-4-5-13(2)12-16/h6-9,13,17-18H,3-5,10-12,16H2,1-2H3. The normalized spacial score (nSPS) is 13.1. The van der Waals surface area contributed by atoms with Gasteiger partial charge in [-0.1, -0.05) is 13.8 Å². The van der Waals surface area contributed by atoms with Crippen molar-refractivity contribution in [1.29, 1.82) is 0 Å². The molecule has 0 fully saturated rings. The molecule has 6 heteroatoms. The van der Waals surface area contributed by atoms with Crippen molar-refractivity contribution in [3.63, 3.8) is 0 Å². The number of anilines is 1. The molecule has 1 aromatic carbocycles. The van der Waals surface area contributed by atoms with Gasteiger partial charge in [0.15, 0.2) is 0 Å². The lowest BCUT2D eigenvalue weighted by molar-refractivity contribution is 0.529. The molecule has 120 valence electrons. The molecule has 1 unspecified atom stereocenters. The van der Waals surface area contributed by atoms with Gasteiger partial charge >= 0.3 is 0 Å². The first kappa shape index (κ1) is 17.9. The Balaban J connectivity index is 2.47. The van der Waals surface area contributed by atoms with Gasteiger partial charge in [0.2, 0.25) is 10.0 Å². The van der Waals surface area contributed by atoms with Gasteiger partial charge in [-0.15, -0.1) is 0 Å². The van der Waals surface area contributed by atoms with Gasteiger partial charge < -0.3 is 11.1 Å². The highest BCUT2D eigenvalue weighted by atomic mass is 32.2. The molecule has 1 atom stereocenters. The molecule has 0 saturated carbocycles. The summed E-state index contributed by atoms with van der Waals surface area (Å²) >= 11 is 0. The van der Waals surface area contributed by atoms with E-state index in [9.17, 15) is 8.42 Å². The van der Waals surface area contributed by atoms with Gasteiger partial charge in [-0.25, -0.2) is 13.1 Å². The van der Waals surface area contributed by atoms with E-state index >= 15 is 0 Å². The topological polar surface area (TPSA) is 84.2 Å². The second kappa shape index (κ2) is 9.02. The van der Waals surface area contributed by atoms with E-state index in [1.165, 1.54) is 0 Å². The predicted molar refractivity (Wildman–Crippen MR) is 87.9 cm³/mol. The Morgan fingerprint density at radius 2 is 1.86 bits per heavy atom. The first-order chi connectivity index (χ1) is 9.99.